The lowest BCUT2D eigenvalue weighted by Crippen LogP contribution is -2.47. The zero-order chi connectivity index (χ0) is 103. The Morgan fingerprint density at radius 2 is 0.683 bits per heavy atom. The third kappa shape index (κ3) is 22.8. The number of alkyl halides is 15. The van der Waals surface area contributed by atoms with Gasteiger partial charge in [0.2, 0.25) is 0 Å². The lowest BCUT2D eigenvalue weighted by molar-refractivity contribution is -0.385. The smallest absolute Gasteiger partial charge is 0.415 e. The van der Waals surface area contributed by atoms with Crippen LogP contribution < -0.4 is 27.8 Å². The first-order chi connectivity index (χ1) is 64.4. The number of nitro benzene ring substituents is 2. The number of fused-ring (bicyclic) bond motifs is 5. The van der Waals surface area contributed by atoms with E-state index in [1.165, 1.54) is 24.3 Å². The molecule has 26 nitrogen and oxygen atoms in total. The van der Waals surface area contributed by atoms with Crippen LogP contribution >= 0.6 is 58.8 Å². The van der Waals surface area contributed by atoms with E-state index in [1.54, 1.807) is 71.9 Å². The first-order valence-corrected chi connectivity index (χ1v) is 45.4. The number of non-ortho nitro benzene ring substituents is 2. The largest absolute Gasteiger partial charge is 0.444 e. The molecule has 0 aliphatic carbocycles. The molecule has 6 aromatic carbocycles. The second-order valence-electron chi connectivity index (χ2n) is 34.2. The van der Waals surface area contributed by atoms with Crippen LogP contribution in [0.2, 0.25) is 0 Å². The fourth-order valence-corrected chi connectivity index (χ4v) is 22.6. The quantitative estimate of drug-likeness (QED) is 0.0279. The standard InChI is InChI=1S/C21H16F5NO2S.C18H18F5N3O5S.C18H20F5N3O3S.C13H10F5N3O3S.C13H11F5N2OS/c22-15-8-4-7-13(18(15)23)20-11-29-19(21(24,25)26)14(20)10-30-17(27-20)9-16(28)12-5-2-1-3-6-12;1-16(2,3)31-15(27)24-14-25-17(7-30-13(18(21,22)23)10(17)6-32-14)9-4-8(26(28)29)5-11(19)12(9)20;1-16(2,3)29-15(27)25-14-26-17(9-4-8(24)5-11(19)12(9)20)7-28-13(18(21,22)23)10(17)6-30-14;14-8-2-5(21(22)23)1-6(9(8)15)12-4-24-10(13(16,17)18)7(12)3-25-11(19)20-12;14-8-3-1-2-6(9(8)15)12-5-21-10(13(16,17)18)7(12)4-22-11(19)20-12/h1-8,14,19H,9-11H2;4-5,10,13H,6-7H2,1-3H3,(H,24,25,27);4-5,10,13H,6-7,24H2,1-3H3,(H,25,26,27);1-2,7,10H,3-4H2,(H2,19,20);1-3,7,10H,4-5H2,(H2,19,20)/t14-,19+,20-;2*10-,13+,17-;2*7-,10+,12-/m11111/s1. The molecule has 0 aromatic heterocycles. The van der Waals surface area contributed by atoms with Crippen LogP contribution in [-0.2, 0) is 60.9 Å². The molecule has 16 rings (SSSR count). The van der Waals surface area contributed by atoms with Crippen molar-refractivity contribution in [1.29, 1.82) is 0 Å². The van der Waals surface area contributed by atoms with Crippen LogP contribution in [0.5, 0.6) is 0 Å². The number of hydrogen-bond acceptors (Lipinski definition) is 27. The van der Waals surface area contributed by atoms with Crippen LogP contribution in [0.15, 0.2) is 128 Å². The van der Waals surface area contributed by atoms with Gasteiger partial charge in [-0.3, -0.25) is 40.6 Å². The Morgan fingerprint density at radius 3 is 1.01 bits per heavy atom. The fourth-order valence-electron chi connectivity index (χ4n) is 16.9. The second-order valence-corrected chi connectivity index (χ2v) is 39.4. The van der Waals surface area contributed by atoms with Crippen LogP contribution in [0.1, 0.15) is 86.1 Å². The summed E-state index contributed by atoms with van der Waals surface area (Å²) in [6, 6.07) is 18.8. The molecule has 15 atom stereocenters. The van der Waals surface area contributed by atoms with Crippen LogP contribution in [-0.4, -0.2) is 188 Å². The summed E-state index contributed by atoms with van der Waals surface area (Å²) in [6.07, 6.45) is -36.7. The highest BCUT2D eigenvalue weighted by molar-refractivity contribution is 8.15. The third-order valence-electron chi connectivity index (χ3n) is 22.9. The van der Waals surface area contributed by atoms with Gasteiger partial charge in [-0.1, -0.05) is 102 Å². The van der Waals surface area contributed by atoms with Crippen LogP contribution in [0.3, 0.4) is 0 Å². The molecule has 0 bridgehead atoms. The molecule has 5 fully saturated rings. The second kappa shape index (κ2) is 40.3. The van der Waals surface area contributed by atoms with E-state index in [0.717, 1.165) is 83.1 Å². The van der Waals surface area contributed by atoms with E-state index in [2.05, 4.69) is 35.6 Å². The number of amides is 2. The number of hydrogen-bond donors (Lipinski definition) is 5. The number of nitrogens with zero attached hydrogens (tertiary/aromatic N) is 7. The van der Waals surface area contributed by atoms with Crippen molar-refractivity contribution in [2.24, 2.45) is 66.0 Å². The van der Waals surface area contributed by atoms with Gasteiger partial charge >= 0.3 is 43.1 Å². The number of anilines is 1. The van der Waals surface area contributed by atoms with E-state index in [9.17, 15) is 144 Å². The van der Waals surface area contributed by atoms with Crippen LogP contribution in [0, 0.1) is 108 Å². The lowest BCUT2D eigenvalue weighted by atomic mass is 9.78. The fraction of sp³-hybridized carbons (Fsp3) is 0.470. The molecule has 10 aliphatic heterocycles. The van der Waals surface area contributed by atoms with Gasteiger partial charge in [-0.05, 0) is 65.8 Å². The summed E-state index contributed by atoms with van der Waals surface area (Å²) < 4.78 is 377. The molecular weight excluding hydrogens is 2020 g/mol. The summed E-state index contributed by atoms with van der Waals surface area (Å²) in [5.74, 6) is -21.6. The van der Waals surface area contributed by atoms with Crippen molar-refractivity contribution >= 4 is 120 Å². The number of carbonyl (C=O) groups excluding carboxylic acids is 3. The van der Waals surface area contributed by atoms with Gasteiger partial charge in [-0.2, -0.15) is 65.9 Å². The SMILES string of the molecule is CC(C)(C)OC(=O)NC1=N[C@@]2(c3cc(N)cc(F)c3F)CO[C@H](C(F)(F)F)[C@H]2CS1.CC(C)(C)OC(=O)NC1=N[C@@]2(c3cc([N+](=O)[O-])cc(F)c3F)CO[C@H](C(F)(F)F)[C@H]2CS1.NC1=N[C@@]2(c3cc([N+](=O)[O-])cc(F)c3F)CO[C@H](C(F)(F)F)[C@H]2CS1.NC1=N[C@@]2(c3cccc(F)c3F)CO[C@H](C(F)(F)F)[C@H]2CS1.O=C(CC1=N[C@@]2(c3cccc(F)c3F)CO[C@H](C(F)(F)F)[C@H]2CS1)c1ccccc1. The van der Waals surface area contributed by atoms with Crippen molar-refractivity contribution in [3.05, 3.63) is 215 Å². The van der Waals surface area contributed by atoms with Gasteiger partial charge < -0.3 is 50.4 Å². The van der Waals surface area contributed by atoms with E-state index in [4.69, 9.17) is 50.4 Å². The highest BCUT2D eigenvalue weighted by atomic mass is 32.2. The highest BCUT2D eigenvalue weighted by Gasteiger charge is 2.68. The zero-order valence-electron chi connectivity index (χ0n) is 71.9. The number of ketones is 1. The minimum Gasteiger partial charge on any atom is -0.444 e. The molecule has 139 heavy (non-hydrogen) atoms. The van der Waals surface area contributed by atoms with Gasteiger partial charge in [0.05, 0.1) is 66.5 Å². The lowest BCUT2D eigenvalue weighted by Gasteiger charge is -2.37. The third-order valence-corrected chi connectivity index (χ3v) is 27.8. The van der Waals surface area contributed by atoms with Crippen molar-refractivity contribution in [2.45, 2.75) is 148 Å². The number of amidine groups is 4. The van der Waals surface area contributed by atoms with E-state index in [1.807, 2.05) is 0 Å². The Kier molecular flexibility index (Phi) is 31.3. The number of rotatable bonds is 10. The van der Waals surface area contributed by atoms with Crippen molar-refractivity contribution in [3.63, 3.8) is 0 Å². The molecule has 10 heterocycles. The molecule has 2 amide bonds. The number of benzene rings is 6. The molecule has 6 aromatic rings. The molecule has 0 radical (unpaired) electrons. The van der Waals surface area contributed by atoms with Crippen molar-refractivity contribution in [1.82, 2.24) is 10.6 Å². The van der Waals surface area contributed by atoms with Crippen molar-refractivity contribution < 1.29 is 167 Å². The van der Waals surface area contributed by atoms with Gasteiger partial charge in [0, 0.05) is 110 Å². The number of carbonyl (C=O) groups is 3. The van der Waals surface area contributed by atoms with E-state index < -0.39 is 271 Å². The Labute approximate surface area is 790 Å². The highest BCUT2D eigenvalue weighted by Crippen LogP contribution is 2.59. The zero-order valence-corrected chi connectivity index (χ0v) is 76.0. The van der Waals surface area contributed by atoms with Gasteiger partial charge in [0.1, 0.15) is 38.9 Å². The summed E-state index contributed by atoms with van der Waals surface area (Å²) in [4.78, 5) is 77.4. The van der Waals surface area contributed by atoms with Gasteiger partial charge in [-0.25, -0.2) is 73.5 Å². The molecule has 0 spiro atoms. The van der Waals surface area contributed by atoms with Gasteiger partial charge in [0.25, 0.3) is 11.4 Å². The topological polar surface area (TPSA) is 366 Å². The average molecular weight is 2100 g/mol. The predicted octanol–water partition coefficient (Wildman–Crippen LogP) is 18.9. The van der Waals surface area contributed by atoms with Crippen molar-refractivity contribution in [2.75, 3.05) is 67.5 Å². The van der Waals surface area contributed by atoms with Crippen LogP contribution in [0.25, 0.3) is 0 Å². The summed E-state index contributed by atoms with van der Waals surface area (Å²) in [5, 5.41) is 26.6. The van der Waals surface area contributed by atoms with Gasteiger partial charge in [0.15, 0.2) is 115 Å². The minimum absolute atomic E-state index is 0.0323. The summed E-state index contributed by atoms with van der Waals surface area (Å²) >= 11 is 4.36. The normalized spacial score (nSPS) is 27.6. The molecule has 8 N–H and O–H groups in total. The van der Waals surface area contributed by atoms with E-state index in [0.29, 0.717) is 29.8 Å². The molecule has 10 aliphatic rings. The Hall–Kier alpha value is -10.1. The summed E-state index contributed by atoms with van der Waals surface area (Å²) in [5.41, 5.74) is 1.79. The number of halogens is 25. The Morgan fingerprint density at radius 1 is 0.388 bits per heavy atom. The van der Waals surface area contributed by atoms with E-state index >= 15 is 0 Å². The maximum Gasteiger partial charge on any atom is 0.415 e. The number of ether oxygens (including phenoxy) is 7. The monoisotopic (exact) mass is 2100 g/mol. The number of alkyl carbamates (subject to hydrolysis) is 2. The van der Waals surface area contributed by atoms with Crippen LogP contribution in [0.4, 0.5) is 136 Å². The number of nitrogens with two attached hydrogens (primary N) is 3. The summed E-state index contributed by atoms with van der Waals surface area (Å²) in [7, 11) is 0. The Bertz CT molecular complexity index is 5880. The Balaban J connectivity index is 0.000000156. The first-order valence-electron chi connectivity index (χ1n) is 40.5. The number of thioether (sulfide) groups is 5. The molecule has 56 heteroatoms. The molecular formula is C83H75F25N12O14S5. The maximum atomic E-state index is 14.8. The van der Waals surface area contributed by atoms with Crippen molar-refractivity contribution in [3.8, 4) is 0 Å². The van der Waals surface area contributed by atoms with Gasteiger partial charge in [-0.15, -0.1) is 11.8 Å². The maximum absolute atomic E-state index is 14.8. The number of nitrogens with one attached hydrogen (secondary N) is 2. The number of Topliss-reactive ketones (excluding diaryl/α,β-unsaturated/α-hetero) is 1. The predicted molar refractivity (Wildman–Crippen MR) is 456 cm³/mol. The average Bonchev–Trinajstić information content (AvgIpc) is 1.61. The number of aliphatic imine (C=N–C) groups is 5. The molecule has 756 valence electrons. The minimum atomic E-state index is -4.85. The molecule has 5 saturated heterocycles. The van der Waals surface area contributed by atoms with E-state index in [-0.39, 0.29) is 83.5 Å². The first kappa shape index (κ1) is 108. The molecule has 0 unspecified atom stereocenters. The number of nitrogen functional groups attached to an aromatic ring is 1. The summed E-state index contributed by atoms with van der Waals surface area (Å²) in [6.45, 7) is 6.37. The molecule has 0 saturated carbocycles. The number of nitro groups is 2.